The van der Waals surface area contributed by atoms with E-state index in [-0.39, 0.29) is 23.0 Å². The first-order valence-electron chi connectivity index (χ1n) is 13.0. The monoisotopic (exact) mass is 508 g/mol. The first-order valence-corrected chi connectivity index (χ1v) is 15.0. The van der Waals surface area contributed by atoms with Crippen molar-refractivity contribution in [2.24, 2.45) is 0 Å². The van der Waals surface area contributed by atoms with Gasteiger partial charge in [0, 0.05) is 6.61 Å². The van der Waals surface area contributed by atoms with Crippen LogP contribution < -0.4 is 10.4 Å². The predicted octanol–water partition coefficient (Wildman–Crippen LogP) is 4.78. The molecule has 1 fully saturated rings. The maximum Gasteiger partial charge on any atom is 0.261 e. The number of ketones is 1. The molecular weight excluding hydrogens is 468 g/mol. The molecule has 0 spiro atoms. The van der Waals surface area contributed by atoms with Gasteiger partial charge in [0.15, 0.2) is 11.6 Å². The summed E-state index contributed by atoms with van der Waals surface area (Å²) in [6.45, 7) is 11.6. The lowest BCUT2D eigenvalue weighted by molar-refractivity contribution is -0.312. The molecule has 4 rings (SSSR count). The summed E-state index contributed by atoms with van der Waals surface area (Å²) in [5.74, 6) is -0.635. The lowest BCUT2D eigenvalue weighted by Gasteiger charge is -2.43. The van der Waals surface area contributed by atoms with E-state index in [1.807, 2.05) is 19.9 Å². The fourth-order valence-corrected chi connectivity index (χ4v) is 9.97. The second kappa shape index (κ2) is 11.1. The second-order valence-electron chi connectivity index (χ2n) is 11.2. The molecule has 0 N–H and O–H groups in total. The molecule has 2 aromatic rings. The van der Waals surface area contributed by atoms with Crippen molar-refractivity contribution in [2.75, 3.05) is 13.2 Å². The molecule has 2 heterocycles. The van der Waals surface area contributed by atoms with Crippen LogP contribution in [-0.2, 0) is 23.4 Å². The predicted molar refractivity (Wildman–Crippen MR) is 145 cm³/mol. The second-order valence-corrected chi connectivity index (χ2v) is 15.5. The third-order valence-corrected chi connectivity index (χ3v) is 12.1. The van der Waals surface area contributed by atoms with Gasteiger partial charge in [-0.25, -0.2) is 0 Å². The lowest BCUT2D eigenvalue weighted by atomic mass is 10.0. The standard InChI is InChI=1S/C30H40O5Si/c1-29(2,3)36(23-14-8-6-9-15-23,24-16-10-7-11-17-24)33-21-13-20-26-25(31)18-12-19-27-28(34-26)22-32-30(4,5)35-27/h6-12,14-18,26-28H,13,19-22H2,1-5H3/b18-12-/t26-,27-,28+/m1/s1. The Morgan fingerprint density at radius 3 is 2.17 bits per heavy atom. The molecule has 0 amide bonds. The number of carbonyl (C=O) groups excluding carboxylic acids is 1. The van der Waals surface area contributed by atoms with Gasteiger partial charge in [0.25, 0.3) is 8.32 Å². The highest BCUT2D eigenvalue weighted by atomic mass is 28.4. The molecule has 3 atom stereocenters. The van der Waals surface area contributed by atoms with Gasteiger partial charge in [0.05, 0.1) is 12.7 Å². The normalized spacial score (nSPS) is 25.5. The minimum Gasteiger partial charge on any atom is -0.407 e. The van der Waals surface area contributed by atoms with Gasteiger partial charge in [-0.1, -0.05) is 87.5 Å². The fraction of sp³-hybridized carbons (Fsp3) is 0.500. The Labute approximate surface area is 216 Å². The Balaban J connectivity index is 1.49. The number of hydrogen-bond donors (Lipinski definition) is 0. The van der Waals surface area contributed by atoms with Gasteiger partial charge in [-0.05, 0) is 54.6 Å². The smallest absolute Gasteiger partial charge is 0.261 e. The number of fused-ring (bicyclic) bond motifs is 1. The van der Waals surface area contributed by atoms with Gasteiger partial charge >= 0.3 is 0 Å². The SMILES string of the molecule is CC1(C)OC[C@@H]2O[C@H](CCCO[Si](c3ccccc3)(c3ccccc3)C(C)(C)C)C(=O)/C=C\C[C@H]2O1. The van der Waals surface area contributed by atoms with Crippen LogP contribution in [0.4, 0.5) is 0 Å². The number of rotatable bonds is 7. The molecular formula is C30H40O5Si. The van der Waals surface area contributed by atoms with Crippen LogP contribution >= 0.6 is 0 Å². The minimum absolute atomic E-state index is 0.00346. The van der Waals surface area contributed by atoms with E-state index in [0.717, 1.165) is 6.42 Å². The molecule has 0 bridgehead atoms. The van der Waals surface area contributed by atoms with Crippen LogP contribution in [0.2, 0.25) is 5.04 Å². The van der Waals surface area contributed by atoms with Crippen molar-refractivity contribution in [2.45, 2.75) is 83.0 Å². The molecule has 0 aromatic heterocycles. The van der Waals surface area contributed by atoms with E-state index in [4.69, 9.17) is 18.6 Å². The van der Waals surface area contributed by atoms with Gasteiger partial charge in [-0.15, -0.1) is 0 Å². The Hall–Kier alpha value is -2.09. The highest BCUT2D eigenvalue weighted by molar-refractivity contribution is 6.99. The summed E-state index contributed by atoms with van der Waals surface area (Å²) in [4.78, 5) is 12.8. The highest BCUT2D eigenvalue weighted by Crippen LogP contribution is 2.37. The van der Waals surface area contributed by atoms with Crippen molar-refractivity contribution in [3.05, 3.63) is 72.8 Å². The van der Waals surface area contributed by atoms with E-state index >= 15 is 0 Å². The highest BCUT2D eigenvalue weighted by Gasteiger charge is 2.50. The van der Waals surface area contributed by atoms with Crippen molar-refractivity contribution in [3.63, 3.8) is 0 Å². The number of benzene rings is 2. The van der Waals surface area contributed by atoms with E-state index in [2.05, 4.69) is 81.4 Å². The van der Waals surface area contributed by atoms with Crippen LogP contribution in [-0.4, -0.2) is 51.4 Å². The maximum atomic E-state index is 12.8. The van der Waals surface area contributed by atoms with E-state index in [1.165, 1.54) is 10.4 Å². The maximum absolute atomic E-state index is 12.8. The van der Waals surface area contributed by atoms with Crippen LogP contribution in [0.15, 0.2) is 72.8 Å². The third kappa shape index (κ3) is 5.89. The first kappa shape index (κ1) is 27.0. The molecule has 1 saturated heterocycles. The molecule has 0 saturated carbocycles. The van der Waals surface area contributed by atoms with E-state index in [0.29, 0.717) is 26.1 Å². The quantitative estimate of drug-likeness (QED) is 0.398. The van der Waals surface area contributed by atoms with Gasteiger partial charge in [0.1, 0.15) is 12.2 Å². The molecule has 0 unspecified atom stereocenters. The molecule has 0 radical (unpaired) electrons. The summed E-state index contributed by atoms with van der Waals surface area (Å²) in [6, 6.07) is 21.3. The summed E-state index contributed by atoms with van der Waals surface area (Å²) >= 11 is 0. The Kier molecular flexibility index (Phi) is 8.32. The molecule has 0 aliphatic carbocycles. The molecule has 194 valence electrons. The van der Waals surface area contributed by atoms with Gasteiger partial charge in [0.2, 0.25) is 0 Å². The van der Waals surface area contributed by atoms with Crippen molar-refractivity contribution in [3.8, 4) is 0 Å². The Morgan fingerprint density at radius 2 is 1.58 bits per heavy atom. The van der Waals surface area contributed by atoms with Gasteiger partial charge < -0.3 is 18.6 Å². The fourth-order valence-electron chi connectivity index (χ4n) is 5.36. The Morgan fingerprint density at radius 1 is 0.972 bits per heavy atom. The van der Waals surface area contributed by atoms with Gasteiger partial charge in [-0.2, -0.15) is 0 Å². The number of carbonyl (C=O) groups is 1. The Bertz CT molecular complexity index is 989. The average Bonchev–Trinajstić information content (AvgIpc) is 2.83. The minimum atomic E-state index is -2.59. The summed E-state index contributed by atoms with van der Waals surface area (Å²) in [5.41, 5.74) is 0. The van der Waals surface area contributed by atoms with Crippen LogP contribution in [0.1, 0.15) is 53.9 Å². The van der Waals surface area contributed by atoms with Crippen molar-refractivity contribution < 1.29 is 23.4 Å². The third-order valence-electron chi connectivity index (χ3n) is 7.10. The topological polar surface area (TPSA) is 54.0 Å². The van der Waals surface area contributed by atoms with Crippen molar-refractivity contribution in [1.82, 2.24) is 0 Å². The zero-order valence-electron chi connectivity index (χ0n) is 22.2. The first-order chi connectivity index (χ1) is 17.1. The van der Waals surface area contributed by atoms with Crippen LogP contribution in [0.3, 0.4) is 0 Å². The zero-order chi connectivity index (χ0) is 25.8. The zero-order valence-corrected chi connectivity index (χ0v) is 23.2. The van der Waals surface area contributed by atoms with E-state index in [9.17, 15) is 4.79 Å². The van der Waals surface area contributed by atoms with E-state index in [1.54, 1.807) is 6.08 Å². The molecule has 36 heavy (non-hydrogen) atoms. The average molecular weight is 509 g/mol. The van der Waals surface area contributed by atoms with Crippen LogP contribution in [0.25, 0.3) is 0 Å². The van der Waals surface area contributed by atoms with Crippen LogP contribution in [0, 0.1) is 0 Å². The largest absolute Gasteiger partial charge is 0.407 e. The van der Waals surface area contributed by atoms with E-state index < -0.39 is 20.2 Å². The summed E-state index contributed by atoms with van der Waals surface area (Å²) in [7, 11) is -2.59. The number of hydrogen-bond acceptors (Lipinski definition) is 5. The number of ether oxygens (including phenoxy) is 3. The molecule has 2 aromatic carbocycles. The summed E-state index contributed by atoms with van der Waals surface area (Å²) < 4.78 is 25.2. The van der Waals surface area contributed by atoms with Crippen molar-refractivity contribution >= 4 is 24.5 Å². The lowest BCUT2D eigenvalue weighted by Crippen LogP contribution is -2.66. The van der Waals surface area contributed by atoms with Crippen molar-refractivity contribution in [1.29, 1.82) is 0 Å². The molecule has 6 heteroatoms. The van der Waals surface area contributed by atoms with Gasteiger partial charge in [-0.3, -0.25) is 4.79 Å². The summed E-state index contributed by atoms with van der Waals surface area (Å²) in [6.07, 6.45) is 4.62. The molecule has 5 nitrogen and oxygen atoms in total. The summed E-state index contributed by atoms with van der Waals surface area (Å²) in [5, 5.41) is 2.43. The van der Waals surface area contributed by atoms with Crippen LogP contribution in [0.5, 0.6) is 0 Å². The molecule has 2 aliphatic rings. The molecule has 2 aliphatic heterocycles.